The van der Waals surface area contributed by atoms with Crippen molar-refractivity contribution in [3.8, 4) is 0 Å². The van der Waals surface area contributed by atoms with Crippen LogP contribution in [0.25, 0.3) is 10.8 Å². The molecule has 0 fully saturated rings. The third-order valence-corrected chi connectivity index (χ3v) is 7.67. The normalized spacial score (nSPS) is 34.9. The molecule has 0 saturated heterocycles. The highest BCUT2D eigenvalue weighted by Gasteiger charge is 2.46. The summed E-state index contributed by atoms with van der Waals surface area (Å²) in [6.45, 7) is 0. The lowest BCUT2D eigenvalue weighted by atomic mass is 9.81. The molecule has 0 spiro atoms. The van der Waals surface area contributed by atoms with Crippen LogP contribution in [0.2, 0.25) is 0 Å². The Kier molecular flexibility index (Phi) is 2.16. The molecule has 6 bridgehead atoms. The molecule has 3 aromatic rings. The third kappa shape index (κ3) is 1.51. The summed E-state index contributed by atoms with van der Waals surface area (Å²) in [7, 11) is 0. The predicted octanol–water partition coefficient (Wildman–Crippen LogP) is 5.73. The van der Waals surface area contributed by atoms with Crippen molar-refractivity contribution >= 4 is 10.8 Å². The minimum absolute atomic E-state index is 0.0451. The summed E-state index contributed by atoms with van der Waals surface area (Å²) in [6, 6.07) is 14.0. The lowest BCUT2D eigenvalue weighted by Gasteiger charge is -2.20. The highest BCUT2D eigenvalue weighted by Crippen LogP contribution is 2.58. The fourth-order valence-corrected chi connectivity index (χ4v) is 6.36. The van der Waals surface area contributed by atoms with E-state index in [1.165, 1.54) is 55.3 Å². The van der Waals surface area contributed by atoms with Crippen LogP contribution in [0, 0.1) is 0 Å². The van der Waals surface area contributed by atoms with E-state index in [9.17, 15) is 0 Å². The van der Waals surface area contributed by atoms with Gasteiger partial charge in [0.2, 0.25) is 0 Å². The molecule has 6 heterocycles. The largest absolute Gasteiger partial charge is 0.357 e. The maximum absolute atomic E-state index is 6.51. The van der Waals surface area contributed by atoms with E-state index >= 15 is 0 Å². The minimum Gasteiger partial charge on any atom is -0.357 e. The first-order chi connectivity index (χ1) is 14.3. The summed E-state index contributed by atoms with van der Waals surface area (Å²) in [5, 5.41) is 2.58. The van der Waals surface area contributed by atoms with Crippen LogP contribution in [-0.2, 0) is 14.2 Å². The molecule has 0 aliphatic carbocycles. The Morgan fingerprint density at radius 3 is 1.17 bits per heavy atom. The van der Waals surface area contributed by atoms with Crippen molar-refractivity contribution in [2.24, 2.45) is 0 Å². The SMILES string of the molecule is C1=CC2OC1c1cc3c(cc12)C1OC3c2cc3cc4c(cc3cc21)C1C=CC4O1. The molecule has 0 N–H and O–H groups in total. The molecule has 0 aromatic heterocycles. The van der Waals surface area contributed by atoms with Crippen LogP contribution >= 0.6 is 0 Å². The van der Waals surface area contributed by atoms with Gasteiger partial charge in [0.1, 0.15) is 36.6 Å². The van der Waals surface area contributed by atoms with Crippen LogP contribution in [0.1, 0.15) is 81.1 Å². The standard InChI is InChI=1S/C26H16O3/c1-2-22-14-6-12-8-18-17(7-11(12)5-13(14)21(1)27-22)25-19-9-15-16(10-20(19)26(18)29-25)24-4-3-23(15)28-24/h1-10,21-26H. The van der Waals surface area contributed by atoms with Crippen molar-refractivity contribution in [2.75, 3.05) is 0 Å². The Labute approximate surface area is 167 Å². The summed E-state index contributed by atoms with van der Waals surface area (Å²) in [6.07, 6.45) is 9.32. The first-order valence-electron chi connectivity index (χ1n) is 10.4. The number of hydrogen-bond acceptors (Lipinski definition) is 3. The van der Waals surface area contributed by atoms with E-state index in [0.717, 1.165) is 0 Å². The second kappa shape index (κ2) is 4.39. The zero-order valence-corrected chi connectivity index (χ0v) is 15.5. The molecule has 3 nitrogen and oxygen atoms in total. The van der Waals surface area contributed by atoms with Crippen LogP contribution in [0.15, 0.2) is 60.7 Å². The van der Waals surface area contributed by atoms with Gasteiger partial charge in [-0.15, -0.1) is 0 Å². The van der Waals surface area contributed by atoms with Gasteiger partial charge in [0.25, 0.3) is 0 Å². The van der Waals surface area contributed by atoms with E-state index in [1.807, 2.05) is 0 Å². The van der Waals surface area contributed by atoms with Crippen LogP contribution in [-0.4, -0.2) is 0 Å². The zero-order chi connectivity index (χ0) is 18.4. The van der Waals surface area contributed by atoms with Crippen molar-refractivity contribution in [1.82, 2.24) is 0 Å². The molecule has 6 aliphatic heterocycles. The highest BCUT2D eigenvalue weighted by molar-refractivity contribution is 5.88. The summed E-state index contributed by atoms with van der Waals surface area (Å²) in [5.74, 6) is 0. The average molecular weight is 376 g/mol. The molecule has 0 radical (unpaired) electrons. The number of benzene rings is 3. The number of rotatable bonds is 0. The Hall–Kier alpha value is -2.72. The lowest BCUT2D eigenvalue weighted by molar-refractivity contribution is 0.0828. The Morgan fingerprint density at radius 1 is 0.379 bits per heavy atom. The summed E-state index contributed by atoms with van der Waals surface area (Å²) in [5.41, 5.74) is 10.6. The second-order valence-electron chi connectivity index (χ2n) is 9.04. The van der Waals surface area contributed by atoms with Gasteiger partial charge in [-0.1, -0.05) is 24.3 Å². The van der Waals surface area contributed by atoms with E-state index in [1.54, 1.807) is 0 Å². The summed E-state index contributed by atoms with van der Waals surface area (Å²) in [4.78, 5) is 0. The molecular weight excluding hydrogens is 360 g/mol. The molecule has 6 aliphatic rings. The zero-order valence-electron chi connectivity index (χ0n) is 15.5. The van der Waals surface area contributed by atoms with Crippen LogP contribution < -0.4 is 0 Å². The molecule has 138 valence electrons. The molecule has 6 atom stereocenters. The first kappa shape index (κ1) is 14.3. The average Bonchev–Trinajstić information content (AvgIpc) is 3.57. The Morgan fingerprint density at radius 2 is 0.724 bits per heavy atom. The maximum atomic E-state index is 6.51. The van der Waals surface area contributed by atoms with E-state index in [2.05, 4.69) is 60.7 Å². The van der Waals surface area contributed by atoms with Crippen molar-refractivity contribution in [1.29, 1.82) is 0 Å². The number of fused-ring (bicyclic) bond motifs is 19. The molecule has 0 saturated carbocycles. The maximum Gasteiger partial charge on any atom is 0.110 e. The van der Waals surface area contributed by atoms with Crippen molar-refractivity contribution in [2.45, 2.75) is 36.6 Å². The van der Waals surface area contributed by atoms with Crippen molar-refractivity contribution < 1.29 is 14.2 Å². The van der Waals surface area contributed by atoms with Gasteiger partial charge < -0.3 is 14.2 Å². The first-order valence-corrected chi connectivity index (χ1v) is 10.4. The number of hydrogen-bond donors (Lipinski definition) is 0. The van der Waals surface area contributed by atoms with E-state index in [4.69, 9.17) is 14.2 Å². The smallest absolute Gasteiger partial charge is 0.110 e. The second-order valence-corrected chi connectivity index (χ2v) is 9.04. The summed E-state index contributed by atoms with van der Waals surface area (Å²) >= 11 is 0. The monoisotopic (exact) mass is 376 g/mol. The molecule has 29 heavy (non-hydrogen) atoms. The summed E-state index contributed by atoms with van der Waals surface area (Å²) < 4.78 is 18.6. The van der Waals surface area contributed by atoms with Crippen LogP contribution in [0.5, 0.6) is 0 Å². The highest BCUT2D eigenvalue weighted by atomic mass is 16.5. The lowest BCUT2D eigenvalue weighted by Crippen LogP contribution is -2.06. The van der Waals surface area contributed by atoms with Crippen molar-refractivity contribution in [3.63, 3.8) is 0 Å². The van der Waals surface area contributed by atoms with Crippen molar-refractivity contribution in [3.05, 3.63) is 105 Å². The molecule has 3 aromatic carbocycles. The van der Waals surface area contributed by atoms with Gasteiger partial charge in [0.15, 0.2) is 0 Å². The van der Waals surface area contributed by atoms with Gasteiger partial charge in [-0.3, -0.25) is 0 Å². The fraction of sp³-hybridized carbons (Fsp3) is 0.231. The molecule has 6 unspecified atom stereocenters. The van der Waals surface area contributed by atoms with Gasteiger partial charge in [-0.2, -0.15) is 0 Å². The van der Waals surface area contributed by atoms with Gasteiger partial charge in [0, 0.05) is 0 Å². The van der Waals surface area contributed by atoms with Gasteiger partial charge in [-0.25, -0.2) is 0 Å². The quantitative estimate of drug-likeness (QED) is 0.469. The van der Waals surface area contributed by atoms with E-state index in [-0.39, 0.29) is 36.6 Å². The van der Waals surface area contributed by atoms with Crippen LogP contribution in [0.3, 0.4) is 0 Å². The van der Waals surface area contributed by atoms with Gasteiger partial charge >= 0.3 is 0 Å². The van der Waals surface area contributed by atoms with Gasteiger partial charge in [0.05, 0.1) is 0 Å². The minimum atomic E-state index is 0.0451. The third-order valence-electron chi connectivity index (χ3n) is 7.67. The Balaban J connectivity index is 1.25. The topological polar surface area (TPSA) is 27.7 Å². The number of ether oxygens (including phenoxy) is 3. The Bertz CT molecular complexity index is 1280. The van der Waals surface area contributed by atoms with E-state index < -0.39 is 0 Å². The molecule has 9 rings (SSSR count). The molecule has 3 heteroatoms. The van der Waals surface area contributed by atoms with Gasteiger partial charge in [-0.05, 0) is 91.7 Å². The van der Waals surface area contributed by atoms with Crippen LogP contribution in [0.4, 0.5) is 0 Å². The molecule has 0 amide bonds. The fourth-order valence-electron chi connectivity index (χ4n) is 6.36. The van der Waals surface area contributed by atoms with E-state index in [0.29, 0.717) is 0 Å². The predicted molar refractivity (Wildman–Crippen MR) is 107 cm³/mol. The molecular formula is C26H16O3.